The molecule has 0 aliphatic rings. The summed E-state index contributed by atoms with van der Waals surface area (Å²) in [4.78, 5) is 14.9. The molecule has 1 aromatic heterocycles. The zero-order chi connectivity index (χ0) is 13.0. The van der Waals surface area contributed by atoms with Crippen molar-refractivity contribution in [3.8, 4) is 0 Å². The van der Waals surface area contributed by atoms with Crippen molar-refractivity contribution in [2.75, 3.05) is 6.61 Å². The fraction of sp³-hybridized carbons (Fsp3) is 0.400. The Hall–Kier alpha value is -1.27. The zero-order valence-corrected chi connectivity index (χ0v) is 9.80. The molecule has 0 spiro atoms. The first-order chi connectivity index (χ1) is 8.02. The van der Waals surface area contributed by atoms with Crippen molar-refractivity contribution >= 4 is 17.6 Å². The second-order valence-corrected chi connectivity index (χ2v) is 3.45. The summed E-state index contributed by atoms with van der Waals surface area (Å²) < 4.78 is 29.9. The van der Waals surface area contributed by atoms with Gasteiger partial charge in [0.2, 0.25) is 0 Å². The molecule has 17 heavy (non-hydrogen) atoms. The van der Waals surface area contributed by atoms with Crippen molar-refractivity contribution in [3.05, 3.63) is 28.0 Å². The molecule has 0 aliphatic carbocycles. The maximum absolute atomic E-state index is 12.6. The van der Waals surface area contributed by atoms with Crippen molar-refractivity contribution in [2.24, 2.45) is 5.73 Å². The Morgan fingerprint density at radius 1 is 1.65 bits per heavy atom. The van der Waals surface area contributed by atoms with E-state index in [0.717, 1.165) is 6.20 Å². The summed E-state index contributed by atoms with van der Waals surface area (Å²) in [5.74, 6) is -0.708. The largest absolute Gasteiger partial charge is 0.462 e. The number of pyridine rings is 1. The lowest BCUT2D eigenvalue weighted by atomic mass is 10.1. The molecule has 0 saturated heterocycles. The van der Waals surface area contributed by atoms with E-state index in [1.807, 2.05) is 0 Å². The summed E-state index contributed by atoms with van der Waals surface area (Å²) in [7, 11) is 0. The number of rotatable bonds is 4. The SMILES string of the molecule is CCOC(=O)c1cnc(C(F)F)c(CN)c1Cl. The van der Waals surface area contributed by atoms with E-state index in [-0.39, 0.29) is 29.3 Å². The summed E-state index contributed by atoms with van der Waals surface area (Å²) >= 11 is 5.83. The molecular formula is C10H11ClF2N2O2. The van der Waals surface area contributed by atoms with Crippen LogP contribution in [0.5, 0.6) is 0 Å². The van der Waals surface area contributed by atoms with Gasteiger partial charge in [-0.25, -0.2) is 13.6 Å². The first-order valence-corrected chi connectivity index (χ1v) is 5.23. The smallest absolute Gasteiger partial charge is 0.341 e. The Bertz CT molecular complexity index is 427. The Balaban J connectivity index is 3.24. The minimum absolute atomic E-state index is 0.0350. The third-order valence-corrected chi connectivity index (χ3v) is 2.48. The van der Waals surface area contributed by atoms with Crippen LogP contribution in [0.25, 0.3) is 0 Å². The molecule has 0 unspecified atom stereocenters. The number of carbonyl (C=O) groups is 1. The summed E-state index contributed by atoms with van der Waals surface area (Å²) in [6.07, 6.45) is -1.82. The van der Waals surface area contributed by atoms with Crippen LogP contribution in [0.15, 0.2) is 6.20 Å². The van der Waals surface area contributed by atoms with Gasteiger partial charge in [-0.3, -0.25) is 4.98 Å². The molecule has 0 bridgehead atoms. The van der Waals surface area contributed by atoms with Crippen LogP contribution < -0.4 is 5.73 Å². The lowest BCUT2D eigenvalue weighted by molar-refractivity contribution is 0.0525. The lowest BCUT2D eigenvalue weighted by Gasteiger charge is -2.11. The minimum Gasteiger partial charge on any atom is -0.462 e. The van der Waals surface area contributed by atoms with E-state index >= 15 is 0 Å². The molecule has 0 radical (unpaired) electrons. The molecule has 0 atom stereocenters. The fourth-order valence-corrected chi connectivity index (χ4v) is 1.58. The maximum atomic E-state index is 12.6. The number of esters is 1. The molecule has 0 saturated carbocycles. The van der Waals surface area contributed by atoms with Gasteiger partial charge in [0.25, 0.3) is 6.43 Å². The normalized spacial score (nSPS) is 10.7. The van der Waals surface area contributed by atoms with Crippen molar-refractivity contribution < 1.29 is 18.3 Å². The second kappa shape index (κ2) is 5.88. The first kappa shape index (κ1) is 13.8. The number of hydrogen-bond acceptors (Lipinski definition) is 4. The van der Waals surface area contributed by atoms with Gasteiger partial charge in [0.15, 0.2) is 0 Å². The molecule has 0 aliphatic heterocycles. The third-order valence-electron chi connectivity index (χ3n) is 2.05. The summed E-state index contributed by atoms with van der Waals surface area (Å²) in [6.45, 7) is 1.55. The summed E-state index contributed by atoms with van der Waals surface area (Å²) in [5.41, 5.74) is 4.72. The predicted molar refractivity (Wildman–Crippen MR) is 58.1 cm³/mol. The van der Waals surface area contributed by atoms with Crippen molar-refractivity contribution in [2.45, 2.75) is 19.9 Å². The van der Waals surface area contributed by atoms with Gasteiger partial charge in [-0.1, -0.05) is 11.6 Å². The van der Waals surface area contributed by atoms with Crippen LogP contribution in [-0.2, 0) is 11.3 Å². The quantitative estimate of drug-likeness (QED) is 0.848. The van der Waals surface area contributed by atoms with Gasteiger partial charge in [-0.2, -0.15) is 0 Å². The van der Waals surface area contributed by atoms with E-state index in [4.69, 9.17) is 22.1 Å². The number of ether oxygens (including phenoxy) is 1. The number of nitrogens with zero attached hydrogens (tertiary/aromatic N) is 1. The van der Waals surface area contributed by atoms with Crippen LogP contribution in [0.1, 0.15) is 35.0 Å². The summed E-state index contributed by atoms with van der Waals surface area (Å²) in [5, 5.41) is -0.128. The van der Waals surface area contributed by atoms with Gasteiger partial charge in [-0.05, 0) is 6.92 Å². The molecule has 4 nitrogen and oxygen atoms in total. The van der Waals surface area contributed by atoms with Gasteiger partial charge in [0.05, 0.1) is 17.2 Å². The molecular weight excluding hydrogens is 254 g/mol. The number of alkyl halides is 2. The number of hydrogen-bond donors (Lipinski definition) is 1. The highest BCUT2D eigenvalue weighted by molar-refractivity contribution is 6.34. The highest BCUT2D eigenvalue weighted by Crippen LogP contribution is 2.29. The van der Waals surface area contributed by atoms with Gasteiger partial charge >= 0.3 is 5.97 Å². The van der Waals surface area contributed by atoms with Crippen molar-refractivity contribution in [1.29, 1.82) is 0 Å². The standard InChI is InChI=1S/C10H11ClF2N2O2/c1-2-17-10(16)6-4-15-8(9(12)13)5(3-14)7(6)11/h4,9H,2-3,14H2,1H3. The number of aromatic nitrogens is 1. The van der Waals surface area contributed by atoms with Crippen molar-refractivity contribution in [1.82, 2.24) is 4.98 Å². The number of nitrogens with two attached hydrogens (primary N) is 1. The Morgan fingerprint density at radius 2 is 2.29 bits per heavy atom. The lowest BCUT2D eigenvalue weighted by Crippen LogP contribution is -2.12. The highest BCUT2D eigenvalue weighted by Gasteiger charge is 2.22. The van der Waals surface area contributed by atoms with Crippen LogP contribution >= 0.6 is 11.6 Å². The number of carbonyl (C=O) groups excluding carboxylic acids is 1. The minimum atomic E-state index is -2.79. The van der Waals surface area contributed by atoms with Crippen LogP contribution in [0, 0.1) is 0 Å². The Morgan fingerprint density at radius 3 is 2.76 bits per heavy atom. The topological polar surface area (TPSA) is 65.2 Å². The average Bonchev–Trinajstić information content (AvgIpc) is 2.28. The molecule has 1 heterocycles. The second-order valence-electron chi connectivity index (χ2n) is 3.07. The molecule has 0 aromatic carbocycles. The zero-order valence-electron chi connectivity index (χ0n) is 9.04. The van der Waals surface area contributed by atoms with Crippen LogP contribution in [0.3, 0.4) is 0 Å². The van der Waals surface area contributed by atoms with Crippen LogP contribution in [0.2, 0.25) is 5.02 Å². The van der Waals surface area contributed by atoms with E-state index in [1.54, 1.807) is 6.92 Å². The molecule has 7 heteroatoms. The van der Waals surface area contributed by atoms with E-state index in [0.29, 0.717) is 0 Å². The first-order valence-electron chi connectivity index (χ1n) is 4.85. The van der Waals surface area contributed by atoms with E-state index in [1.165, 1.54) is 0 Å². The molecule has 2 N–H and O–H groups in total. The van der Waals surface area contributed by atoms with Gasteiger partial charge in [0.1, 0.15) is 5.69 Å². The fourth-order valence-electron chi connectivity index (χ4n) is 1.28. The van der Waals surface area contributed by atoms with Crippen molar-refractivity contribution in [3.63, 3.8) is 0 Å². The monoisotopic (exact) mass is 264 g/mol. The van der Waals surface area contributed by atoms with Crippen LogP contribution in [0.4, 0.5) is 8.78 Å². The third kappa shape index (κ3) is 2.89. The van der Waals surface area contributed by atoms with Gasteiger partial charge in [0, 0.05) is 18.3 Å². The van der Waals surface area contributed by atoms with Crippen LogP contribution in [-0.4, -0.2) is 17.6 Å². The predicted octanol–water partition coefficient (Wildman–Crippen LogP) is 2.31. The molecule has 1 aromatic rings. The highest BCUT2D eigenvalue weighted by atomic mass is 35.5. The summed E-state index contributed by atoms with van der Waals surface area (Å²) in [6, 6.07) is 0. The molecule has 1 rings (SSSR count). The average molecular weight is 265 g/mol. The van der Waals surface area contributed by atoms with E-state index in [9.17, 15) is 13.6 Å². The van der Waals surface area contributed by atoms with Gasteiger partial charge in [-0.15, -0.1) is 0 Å². The Labute approximate surface area is 102 Å². The maximum Gasteiger partial charge on any atom is 0.341 e. The van der Waals surface area contributed by atoms with E-state index in [2.05, 4.69) is 4.98 Å². The number of halogens is 3. The molecule has 0 fully saturated rings. The van der Waals surface area contributed by atoms with Gasteiger partial charge < -0.3 is 10.5 Å². The van der Waals surface area contributed by atoms with E-state index < -0.39 is 18.1 Å². The Kier molecular flexibility index (Phi) is 4.77. The molecule has 0 amide bonds. The molecule has 94 valence electrons.